The van der Waals surface area contributed by atoms with Gasteiger partial charge in [0.1, 0.15) is 6.61 Å². The number of hydrogen-bond donors (Lipinski definition) is 0. The van der Waals surface area contributed by atoms with Gasteiger partial charge in [-0.1, -0.05) is 13.3 Å². The van der Waals surface area contributed by atoms with Crippen LogP contribution in [-0.4, -0.2) is 43.1 Å². The van der Waals surface area contributed by atoms with Crippen molar-refractivity contribution in [2.75, 3.05) is 31.1 Å². The summed E-state index contributed by atoms with van der Waals surface area (Å²) in [6.07, 6.45) is 1.75. The maximum absolute atomic E-state index is 12.4. The van der Waals surface area contributed by atoms with Gasteiger partial charge < -0.3 is 9.64 Å². The molecule has 0 unspecified atom stereocenters. The van der Waals surface area contributed by atoms with Gasteiger partial charge in [0.05, 0.1) is 6.54 Å². The van der Waals surface area contributed by atoms with E-state index in [1.165, 1.54) is 0 Å². The van der Waals surface area contributed by atoms with E-state index in [1.54, 1.807) is 29.2 Å². The lowest BCUT2D eigenvalue weighted by atomic mass is 10.1. The lowest BCUT2D eigenvalue weighted by Crippen LogP contribution is -2.31. The Hall–Kier alpha value is -2.04. The summed E-state index contributed by atoms with van der Waals surface area (Å²) in [5.41, 5.74) is 1.43. The number of unbranched alkanes of at least 4 members (excludes halogenated alkanes) is 1. The smallest absolute Gasteiger partial charge is 0.414 e. The number of benzene rings is 1. The fourth-order valence-electron chi connectivity index (χ4n) is 2.35. The van der Waals surface area contributed by atoms with Crippen LogP contribution >= 0.6 is 0 Å². The lowest BCUT2D eigenvalue weighted by molar-refractivity contribution is 0.0762. The Morgan fingerprint density at radius 2 is 2.00 bits per heavy atom. The Labute approximate surface area is 125 Å². The first-order valence-corrected chi connectivity index (χ1v) is 7.51. The number of carbonyl (C=O) groups is 2. The molecule has 0 N–H and O–H groups in total. The molecule has 0 saturated carbocycles. The number of amides is 2. The minimum atomic E-state index is -0.327. The first-order valence-electron chi connectivity index (χ1n) is 7.51. The van der Waals surface area contributed by atoms with Crippen molar-refractivity contribution in [2.24, 2.45) is 0 Å². The van der Waals surface area contributed by atoms with Crippen LogP contribution in [0.15, 0.2) is 24.3 Å². The molecule has 1 fully saturated rings. The van der Waals surface area contributed by atoms with Gasteiger partial charge in [0.25, 0.3) is 5.91 Å². The summed E-state index contributed by atoms with van der Waals surface area (Å²) < 4.78 is 4.91. The number of hydrogen-bond acceptors (Lipinski definition) is 3. The van der Waals surface area contributed by atoms with Gasteiger partial charge in [0.2, 0.25) is 0 Å². The molecule has 0 spiro atoms. The molecule has 0 radical (unpaired) electrons. The summed E-state index contributed by atoms with van der Waals surface area (Å²) >= 11 is 0. The highest BCUT2D eigenvalue weighted by molar-refractivity contribution is 5.95. The van der Waals surface area contributed by atoms with Gasteiger partial charge in [-0.05, 0) is 37.6 Å². The van der Waals surface area contributed by atoms with Crippen LogP contribution in [0.4, 0.5) is 10.5 Å². The minimum Gasteiger partial charge on any atom is -0.447 e. The monoisotopic (exact) mass is 290 g/mol. The lowest BCUT2D eigenvalue weighted by Gasteiger charge is -2.21. The maximum atomic E-state index is 12.4. The van der Waals surface area contributed by atoms with E-state index in [9.17, 15) is 9.59 Å². The van der Waals surface area contributed by atoms with Gasteiger partial charge in [0.15, 0.2) is 0 Å². The zero-order chi connectivity index (χ0) is 15.2. The largest absolute Gasteiger partial charge is 0.447 e. The molecule has 0 aromatic heterocycles. The molecular formula is C16H22N2O3. The third-order valence-electron chi connectivity index (χ3n) is 3.64. The van der Waals surface area contributed by atoms with Crippen molar-refractivity contribution in [3.8, 4) is 0 Å². The molecular weight excluding hydrogens is 268 g/mol. The van der Waals surface area contributed by atoms with E-state index in [0.29, 0.717) is 25.3 Å². The standard InChI is InChI=1S/C16H22N2O3/c1-3-5-10-17(4-2)15(19)13-6-8-14(9-7-13)18-11-12-21-16(18)20/h6-9H,3-5,10-12H2,1-2H3. The highest BCUT2D eigenvalue weighted by Gasteiger charge is 2.23. The first-order chi connectivity index (χ1) is 10.2. The zero-order valence-electron chi connectivity index (χ0n) is 12.7. The van der Waals surface area contributed by atoms with Crippen molar-refractivity contribution in [1.29, 1.82) is 0 Å². The fraction of sp³-hybridized carbons (Fsp3) is 0.500. The van der Waals surface area contributed by atoms with Gasteiger partial charge in [-0.25, -0.2) is 4.79 Å². The molecule has 0 bridgehead atoms. The molecule has 21 heavy (non-hydrogen) atoms. The van der Waals surface area contributed by atoms with Crippen LogP contribution in [0.25, 0.3) is 0 Å². The Morgan fingerprint density at radius 1 is 1.29 bits per heavy atom. The van der Waals surface area contributed by atoms with Gasteiger partial charge in [-0.3, -0.25) is 9.69 Å². The van der Waals surface area contributed by atoms with Crippen molar-refractivity contribution in [1.82, 2.24) is 4.90 Å². The van der Waals surface area contributed by atoms with E-state index < -0.39 is 0 Å². The predicted molar refractivity (Wildman–Crippen MR) is 81.6 cm³/mol. The molecule has 5 heteroatoms. The predicted octanol–water partition coefficient (Wildman–Crippen LogP) is 2.91. The maximum Gasteiger partial charge on any atom is 0.414 e. The molecule has 5 nitrogen and oxygen atoms in total. The van der Waals surface area contributed by atoms with Crippen LogP contribution in [0.1, 0.15) is 37.0 Å². The first kappa shape index (κ1) is 15.4. The third-order valence-corrected chi connectivity index (χ3v) is 3.64. The number of ether oxygens (including phenoxy) is 1. The van der Waals surface area contributed by atoms with Crippen molar-refractivity contribution >= 4 is 17.7 Å². The molecule has 1 aliphatic heterocycles. The molecule has 114 valence electrons. The Balaban J connectivity index is 2.07. The molecule has 2 rings (SSSR count). The zero-order valence-corrected chi connectivity index (χ0v) is 12.7. The summed E-state index contributed by atoms with van der Waals surface area (Å²) in [4.78, 5) is 27.3. The molecule has 1 aromatic rings. The van der Waals surface area contributed by atoms with Gasteiger partial charge in [0, 0.05) is 24.3 Å². The Kier molecular flexibility index (Phi) is 5.20. The molecule has 0 atom stereocenters. The third kappa shape index (κ3) is 3.54. The molecule has 1 heterocycles. The summed E-state index contributed by atoms with van der Waals surface area (Å²) in [6.45, 7) is 6.57. The van der Waals surface area contributed by atoms with Crippen molar-refractivity contribution in [3.05, 3.63) is 29.8 Å². The van der Waals surface area contributed by atoms with Crippen molar-refractivity contribution in [3.63, 3.8) is 0 Å². The number of rotatable bonds is 6. The van der Waals surface area contributed by atoms with Crippen LogP contribution in [0.2, 0.25) is 0 Å². The van der Waals surface area contributed by atoms with Gasteiger partial charge in [-0.15, -0.1) is 0 Å². The molecule has 1 saturated heterocycles. The average Bonchev–Trinajstić information content (AvgIpc) is 2.94. The molecule has 0 aliphatic carbocycles. The minimum absolute atomic E-state index is 0.0431. The summed E-state index contributed by atoms with van der Waals surface area (Å²) in [5.74, 6) is 0.0431. The van der Waals surface area contributed by atoms with Crippen molar-refractivity contribution in [2.45, 2.75) is 26.7 Å². The van der Waals surface area contributed by atoms with E-state index >= 15 is 0 Å². The highest BCUT2D eigenvalue weighted by atomic mass is 16.6. The van der Waals surface area contributed by atoms with E-state index in [4.69, 9.17) is 4.74 Å². The normalized spacial score (nSPS) is 14.2. The number of nitrogens with zero attached hydrogens (tertiary/aromatic N) is 2. The number of carbonyl (C=O) groups excluding carboxylic acids is 2. The second kappa shape index (κ2) is 7.11. The molecule has 2 amide bonds. The number of anilines is 1. The van der Waals surface area contributed by atoms with Crippen LogP contribution in [0.3, 0.4) is 0 Å². The van der Waals surface area contributed by atoms with E-state index in [2.05, 4.69) is 6.92 Å². The topological polar surface area (TPSA) is 49.9 Å². The summed E-state index contributed by atoms with van der Waals surface area (Å²) in [7, 11) is 0. The SMILES string of the molecule is CCCCN(CC)C(=O)c1ccc(N2CCOC2=O)cc1. The number of cyclic esters (lactones) is 1. The van der Waals surface area contributed by atoms with Crippen LogP contribution in [-0.2, 0) is 4.74 Å². The second-order valence-corrected chi connectivity index (χ2v) is 5.05. The molecule has 1 aromatic carbocycles. The van der Waals surface area contributed by atoms with Crippen LogP contribution in [0.5, 0.6) is 0 Å². The van der Waals surface area contributed by atoms with Gasteiger partial charge >= 0.3 is 6.09 Å². The van der Waals surface area contributed by atoms with Crippen molar-refractivity contribution < 1.29 is 14.3 Å². The van der Waals surface area contributed by atoms with Crippen LogP contribution < -0.4 is 4.90 Å². The van der Waals surface area contributed by atoms with Gasteiger partial charge in [-0.2, -0.15) is 0 Å². The average molecular weight is 290 g/mol. The second-order valence-electron chi connectivity index (χ2n) is 5.05. The van der Waals surface area contributed by atoms with E-state index in [1.807, 2.05) is 11.8 Å². The summed E-state index contributed by atoms with van der Waals surface area (Å²) in [5, 5.41) is 0. The Bertz CT molecular complexity index is 499. The van der Waals surface area contributed by atoms with E-state index in [-0.39, 0.29) is 12.0 Å². The summed E-state index contributed by atoms with van der Waals surface area (Å²) in [6, 6.07) is 7.15. The quantitative estimate of drug-likeness (QED) is 0.809. The molecule has 1 aliphatic rings. The Morgan fingerprint density at radius 3 is 2.52 bits per heavy atom. The highest BCUT2D eigenvalue weighted by Crippen LogP contribution is 2.19. The fourth-order valence-corrected chi connectivity index (χ4v) is 2.35. The van der Waals surface area contributed by atoms with E-state index in [0.717, 1.165) is 25.1 Å². The van der Waals surface area contributed by atoms with Crippen LogP contribution in [0, 0.1) is 0 Å².